The number of nitrogens with zero attached hydrogens (tertiary/aromatic N) is 1. The topological polar surface area (TPSA) is 100 Å². The van der Waals surface area contributed by atoms with Gasteiger partial charge in [-0.3, -0.25) is 9.52 Å². The first-order valence-corrected chi connectivity index (χ1v) is 11.7. The molecule has 0 radical (unpaired) electrons. The molecule has 0 saturated heterocycles. The summed E-state index contributed by atoms with van der Waals surface area (Å²) in [7, 11) is -3.34. The molecule has 0 atom stereocenters. The lowest BCUT2D eigenvalue weighted by atomic mass is 10.1. The second kappa shape index (κ2) is 8.23. The van der Waals surface area contributed by atoms with E-state index in [1.165, 1.54) is 0 Å². The Kier molecular flexibility index (Phi) is 5.48. The number of carbonyl (C=O) groups excluding carboxylic acids is 1. The second-order valence-electron chi connectivity index (χ2n) is 7.25. The normalized spacial score (nSPS) is 11.4. The van der Waals surface area contributed by atoms with E-state index < -0.39 is 10.0 Å². The van der Waals surface area contributed by atoms with Gasteiger partial charge < -0.3 is 10.6 Å². The van der Waals surface area contributed by atoms with Crippen molar-refractivity contribution >= 4 is 60.5 Å². The molecular weight excluding hydrogens is 412 g/mol. The number of fused-ring (bicyclic) bond motifs is 2. The molecule has 31 heavy (non-hydrogen) atoms. The third-order valence-electron chi connectivity index (χ3n) is 4.71. The summed E-state index contributed by atoms with van der Waals surface area (Å²) in [6, 6.07) is 20.6. The van der Waals surface area contributed by atoms with Gasteiger partial charge in [0.25, 0.3) is 0 Å². The Hall–Kier alpha value is -3.65. The largest absolute Gasteiger partial charge is 0.355 e. The van der Waals surface area contributed by atoms with Crippen LogP contribution in [0, 0.1) is 0 Å². The summed E-state index contributed by atoms with van der Waals surface area (Å²) in [6.07, 6.45) is 1.49. The van der Waals surface area contributed by atoms with Gasteiger partial charge in [-0.25, -0.2) is 13.4 Å². The molecule has 0 fully saturated rings. The number of benzene rings is 3. The van der Waals surface area contributed by atoms with E-state index in [-0.39, 0.29) is 5.91 Å². The van der Waals surface area contributed by atoms with Crippen molar-refractivity contribution in [2.45, 2.75) is 13.3 Å². The van der Waals surface area contributed by atoms with Crippen molar-refractivity contribution in [3.05, 3.63) is 66.7 Å². The zero-order chi connectivity index (χ0) is 22.0. The fourth-order valence-electron chi connectivity index (χ4n) is 3.29. The van der Waals surface area contributed by atoms with Crippen LogP contribution in [0.3, 0.4) is 0 Å². The van der Waals surface area contributed by atoms with E-state index in [1.807, 2.05) is 36.4 Å². The fourth-order valence-corrected chi connectivity index (χ4v) is 3.86. The molecule has 8 heteroatoms. The highest BCUT2D eigenvalue weighted by Crippen LogP contribution is 2.32. The highest BCUT2D eigenvalue weighted by atomic mass is 32.2. The summed E-state index contributed by atoms with van der Waals surface area (Å²) in [5, 5.41) is 8.18. The van der Waals surface area contributed by atoms with Crippen molar-refractivity contribution in [1.82, 2.24) is 4.98 Å². The lowest BCUT2D eigenvalue weighted by Gasteiger charge is -2.14. The van der Waals surface area contributed by atoms with Gasteiger partial charge in [0.05, 0.1) is 23.0 Å². The molecule has 0 spiro atoms. The quantitative estimate of drug-likeness (QED) is 0.377. The molecule has 1 aromatic heterocycles. The van der Waals surface area contributed by atoms with Crippen LogP contribution in [0.25, 0.3) is 21.8 Å². The van der Waals surface area contributed by atoms with Gasteiger partial charge in [-0.05, 0) is 48.5 Å². The number of hydrogen-bond donors (Lipinski definition) is 3. The van der Waals surface area contributed by atoms with Crippen molar-refractivity contribution in [1.29, 1.82) is 0 Å². The van der Waals surface area contributed by atoms with Crippen LogP contribution in [0.1, 0.15) is 13.3 Å². The van der Waals surface area contributed by atoms with Crippen LogP contribution >= 0.6 is 0 Å². The predicted octanol–water partition coefficient (Wildman–Crippen LogP) is 4.85. The van der Waals surface area contributed by atoms with Crippen LogP contribution in [0.15, 0.2) is 66.7 Å². The van der Waals surface area contributed by atoms with Crippen LogP contribution in [0.2, 0.25) is 0 Å². The molecule has 3 aromatic carbocycles. The Morgan fingerprint density at radius 3 is 2.32 bits per heavy atom. The molecule has 1 heterocycles. The van der Waals surface area contributed by atoms with Crippen LogP contribution in [0.5, 0.6) is 0 Å². The standard InChI is InChI=1S/C23H22N4O3S/c1-3-23(28)25-18-13-21(24-16-8-10-17(11-9-16)27-31(2,29)30)19-12-15-6-4-5-7-20(15)26-22(19)14-18/h4-14,24,27H,3H2,1-2H3,(H,25,28). The first-order chi connectivity index (χ1) is 14.8. The van der Waals surface area contributed by atoms with Gasteiger partial charge in [-0.15, -0.1) is 0 Å². The van der Waals surface area contributed by atoms with Gasteiger partial charge in [-0.1, -0.05) is 25.1 Å². The van der Waals surface area contributed by atoms with Gasteiger partial charge >= 0.3 is 0 Å². The Morgan fingerprint density at radius 2 is 1.61 bits per heavy atom. The van der Waals surface area contributed by atoms with Crippen molar-refractivity contribution < 1.29 is 13.2 Å². The molecule has 0 aliphatic rings. The monoisotopic (exact) mass is 434 g/mol. The SMILES string of the molecule is CCC(=O)Nc1cc(Nc2ccc(NS(C)(=O)=O)cc2)c2cc3ccccc3nc2c1. The van der Waals surface area contributed by atoms with Crippen LogP contribution in [-0.2, 0) is 14.8 Å². The maximum absolute atomic E-state index is 11.9. The van der Waals surface area contributed by atoms with Crippen molar-refractivity contribution in [2.75, 3.05) is 21.6 Å². The Balaban J connectivity index is 1.76. The maximum Gasteiger partial charge on any atom is 0.229 e. The lowest BCUT2D eigenvalue weighted by molar-refractivity contribution is -0.115. The predicted molar refractivity (Wildman–Crippen MR) is 126 cm³/mol. The van der Waals surface area contributed by atoms with E-state index in [9.17, 15) is 13.2 Å². The number of pyridine rings is 1. The van der Waals surface area contributed by atoms with E-state index in [4.69, 9.17) is 4.98 Å². The second-order valence-corrected chi connectivity index (χ2v) is 9.00. The van der Waals surface area contributed by atoms with Crippen LogP contribution in [-0.4, -0.2) is 25.6 Å². The molecule has 0 unspecified atom stereocenters. The molecule has 0 aliphatic carbocycles. The van der Waals surface area contributed by atoms with Gasteiger partial charge in [-0.2, -0.15) is 0 Å². The Morgan fingerprint density at radius 1 is 0.903 bits per heavy atom. The minimum Gasteiger partial charge on any atom is -0.355 e. The van der Waals surface area contributed by atoms with E-state index in [2.05, 4.69) is 21.4 Å². The highest BCUT2D eigenvalue weighted by Gasteiger charge is 2.10. The summed E-state index contributed by atoms with van der Waals surface area (Å²) >= 11 is 0. The average Bonchev–Trinajstić information content (AvgIpc) is 2.73. The molecule has 0 saturated carbocycles. The number of hydrogen-bond acceptors (Lipinski definition) is 5. The third-order valence-corrected chi connectivity index (χ3v) is 5.31. The molecule has 0 bridgehead atoms. The molecule has 0 aliphatic heterocycles. The Bertz CT molecular complexity index is 1380. The minimum absolute atomic E-state index is 0.0812. The fraction of sp³-hybridized carbons (Fsp3) is 0.130. The van der Waals surface area contributed by atoms with Crippen LogP contribution < -0.4 is 15.4 Å². The number of para-hydroxylation sites is 1. The van der Waals surface area contributed by atoms with Crippen molar-refractivity contribution in [3.8, 4) is 0 Å². The molecule has 4 aromatic rings. The number of nitrogens with one attached hydrogen (secondary N) is 3. The highest BCUT2D eigenvalue weighted by molar-refractivity contribution is 7.92. The van der Waals surface area contributed by atoms with E-state index in [0.717, 1.165) is 39.4 Å². The van der Waals surface area contributed by atoms with Crippen molar-refractivity contribution in [3.63, 3.8) is 0 Å². The minimum atomic E-state index is -3.34. The Labute approximate surface area is 180 Å². The number of carbonyl (C=O) groups is 1. The zero-order valence-electron chi connectivity index (χ0n) is 17.1. The van der Waals surface area contributed by atoms with Crippen molar-refractivity contribution in [2.24, 2.45) is 0 Å². The van der Waals surface area contributed by atoms with Gasteiger partial charge in [0.2, 0.25) is 15.9 Å². The summed E-state index contributed by atoms with van der Waals surface area (Å²) in [5.74, 6) is -0.0812. The lowest BCUT2D eigenvalue weighted by Crippen LogP contribution is -2.10. The number of sulfonamides is 1. The first-order valence-electron chi connectivity index (χ1n) is 9.79. The molecule has 4 rings (SSSR count). The summed E-state index contributed by atoms with van der Waals surface area (Å²) in [6.45, 7) is 1.80. The van der Waals surface area contributed by atoms with E-state index in [0.29, 0.717) is 17.8 Å². The average molecular weight is 435 g/mol. The van der Waals surface area contributed by atoms with Gasteiger partial charge in [0.15, 0.2) is 0 Å². The third kappa shape index (κ3) is 4.92. The number of amides is 1. The summed E-state index contributed by atoms with van der Waals surface area (Å²) in [4.78, 5) is 16.7. The molecule has 3 N–H and O–H groups in total. The molecule has 158 valence electrons. The first kappa shape index (κ1) is 20.6. The maximum atomic E-state index is 11.9. The molecular formula is C23H22N4O3S. The van der Waals surface area contributed by atoms with Gasteiger partial charge in [0, 0.05) is 34.3 Å². The number of anilines is 4. The van der Waals surface area contributed by atoms with Gasteiger partial charge in [0.1, 0.15) is 0 Å². The summed E-state index contributed by atoms with van der Waals surface area (Å²) in [5.41, 5.74) is 4.31. The molecule has 1 amide bonds. The van der Waals surface area contributed by atoms with E-state index in [1.54, 1.807) is 31.2 Å². The zero-order valence-corrected chi connectivity index (χ0v) is 18.0. The number of rotatable bonds is 6. The number of aromatic nitrogens is 1. The smallest absolute Gasteiger partial charge is 0.229 e. The summed E-state index contributed by atoms with van der Waals surface area (Å²) < 4.78 is 25.3. The van der Waals surface area contributed by atoms with Crippen LogP contribution in [0.4, 0.5) is 22.7 Å². The molecule has 7 nitrogen and oxygen atoms in total. The van der Waals surface area contributed by atoms with E-state index >= 15 is 0 Å².